The summed E-state index contributed by atoms with van der Waals surface area (Å²) in [5, 5.41) is 3.50. The molecule has 0 saturated carbocycles. The third-order valence-electron chi connectivity index (χ3n) is 3.20. The van der Waals surface area contributed by atoms with Gasteiger partial charge in [-0.2, -0.15) is 0 Å². The lowest BCUT2D eigenvalue weighted by atomic mass is 10.2. The summed E-state index contributed by atoms with van der Waals surface area (Å²) < 4.78 is 6.23. The zero-order chi connectivity index (χ0) is 12.1. The van der Waals surface area contributed by atoms with E-state index >= 15 is 0 Å². The standard InChI is InChI=1S/C12H27NOSi/c1-8-9-10-11(13-5)14-15(6,7)12(2,3)4/h8,11,13H,1,9-10H2,2-7H3/t11-/m0/s1. The molecule has 0 spiro atoms. The molecule has 0 aliphatic heterocycles. The molecular weight excluding hydrogens is 202 g/mol. The van der Waals surface area contributed by atoms with Gasteiger partial charge in [0.25, 0.3) is 0 Å². The molecule has 2 nitrogen and oxygen atoms in total. The summed E-state index contributed by atoms with van der Waals surface area (Å²) in [6.45, 7) is 15.1. The Kier molecular flexibility index (Phi) is 5.78. The molecule has 0 bridgehead atoms. The quantitative estimate of drug-likeness (QED) is 0.427. The van der Waals surface area contributed by atoms with E-state index in [1.807, 2.05) is 13.1 Å². The summed E-state index contributed by atoms with van der Waals surface area (Å²) in [5.74, 6) is 0. The second kappa shape index (κ2) is 5.82. The van der Waals surface area contributed by atoms with Crippen LogP contribution in [0.2, 0.25) is 18.1 Å². The van der Waals surface area contributed by atoms with Crippen molar-refractivity contribution in [3.63, 3.8) is 0 Å². The average molecular weight is 229 g/mol. The van der Waals surface area contributed by atoms with Crippen LogP contribution in [0.3, 0.4) is 0 Å². The van der Waals surface area contributed by atoms with Crippen molar-refractivity contribution >= 4 is 8.32 Å². The largest absolute Gasteiger partial charge is 0.402 e. The van der Waals surface area contributed by atoms with Gasteiger partial charge in [0.05, 0.1) is 6.23 Å². The number of hydrogen-bond acceptors (Lipinski definition) is 2. The highest BCUT2D eigenvalue weighted by molar-refractivity contribution is 6.74. The molecule has 0 heterocycles. The molecule has 1 atom stereocenters. The van der Waals surface area contributed by atoms with Crippen LogP contribution in [0.4, 0.5) is 0 Å². The summed E-state index contributed by atoms with van der Waals surface area (Å²) in [7, 11) is 0.323. The molecule has 0 radical (unpaired) electrons. The first-order valence-electron chi connectivity index (χ1n) is 5.70. The fourth-order valence-corrected chi connectivity index (χ4v) is 2.36. The first-order valence-corrected chi connectivity index (χ1v) is 8.61. The Bertz CT molecular complexity index is 196. The van der Waals surface area contributed by atoms with Crippen molar-refractivity contribution in [2.75, 3.05) is 7.05 Å². The van der Waals surface area contributed by atoms with Crippen molar-refractivity contribution in [3.05, 3.63) is 12.7 Å². The SMILES string of the molecule is C=CCC[C@@H](NC)O[Si](C)(C)C(C)(C)C. The smallest absolute Gasteiger partial charge is 0.194 e. The fraction of sp³-hybridized carbons (Fsp3) is 0.833. The number of nitrogens with one attached hydrogen (secondary N) is 1. The Morgan fingerprint density at radius 2 is 1.93 bits per heavy atom. The zero-order valence-corrected chi connectivity index (χ0v) is 12.2. The van der Waals surface area contributed by atoms with Crippen molar-refractivity contribution in [2.45, 2.75) is 58.0 Å². The van der Waals surface area contributed by atoms with Crippen LogP contribution in [0.1, 0.15) is 33.6 Å². The third kappa shape index (κ3) is 4.95. The molecule has 90 valence electrons. The molecule has 0 rings (SSSR count). The minimum Gasteiger partial charge on any atom is -0.402 e. The van der Waals surface area contributed by atoms with Gasteiger partial charge in [-0.3, -0.25) is 5.32 Å². The highest BCUT2D eigenvalue weighted by Crippen LogP contribution is 2.37. The molecular formula is C12H27NOSi. The maximum Gasteiger partial charge on any atom is 0.194 e. The zero-order valence-electron chi connectivity index (χ0n) is 11.2. The van der Waals surface area contributed by atoms with Crippen LogP contribution in [0.15, 0.2) is 12.7 Å². The van der Waals surface area contributed by atoms with E-state index in [0.717, 1.165) is 12.8 Å². The molecule has 0 amide bonds. The number of hydrogen-bond donors (Lipinski definition) is 1. The van der Waals surface area contributed by atoms with E-state index in [0.29, 0.717) is 0 Å². The molecule has 0 unspecified atom stereocenters. The Morgan fingerprint density at radius 1 is 1.40 bits per heavy atom. The summed E-state index contributed by atoms with van der Waals surface area (Å²) in [5.41, 5.74) is 0. The van der Waals surface area contributed by atoms with Gasteiger partial charge in [0.2, 0.25) is 0 Å². The van der Waals surface area contributed by atoms with Gasteiger partial charge in [-0.25, -0.2) is 0 Å². The second-order valence-electron chi connectivity index (χ2n) is 5.52. The fourth-order valence-electron chi connectivity index (χ4n) is 1.06. The third-order valence-corrected chi connectivity index (χ3v) is 7.68. The number of allylic oxidation sites excluding steroid dienone is 1. The van der Waals surface area contributed by atoms with Crippen LogP contribution >= 0.6 is 0 Å². The summed E-state index contributed by atoms with van der Waals surface area (Å²) in [6.07, 6.45) is 4.12. The second-order valence-corrected chi connectivity index (χ2v) is 10.3. The highest BCUT2D eigenvalue weighted by Gasteiger charge is 2.38. The van der Waals surface area contributed by atoms with Crippen LogP contribution < -0.4 is 5.32 Å². The Hall–Kier alpha value is -0.123. The van der Waals surface area contributed by atoms with Crippen LogP contribution in [-0.4, -0.2) is 21.6 Å². The van der Waals surface area contributed by atoms with Gasteiger partial charge in [-0.1, -0.05) is 26.8 Å². The molecule has 0 aromatic carbocycles. The van der Waals surface area contributed by atoms with Crippen molar-refractivity contribution in [1.82, 2.24) is 5.32 Å². The molecule has 0 saturated heterocycles. The predicted molar refractivity (Wildman–Crippen MR) is 70.6 cm³/mol. The maximum atomic E-state index is 6.23. The molecule has 15 heavy (non-hydrogen) atoms. The molecule has 0 aromatic rings. The lowest BCUT2D eigenvalue weighted by molar-refractivity contribution is 0.146. The first-order chi connectivity index (χ1) is 6.74. The Morgan fingerprint density at radius 3 is 2.27 bits per heavy atom. The minimum absolute atomic E-state index is 0.170. The normalized spacial score (nSPS) is 15.1. The molecule has 0 aromatic heterocycles. The van der Waals surface area contributed by atoms with Crippen molar-refractivity contribution in [2.24, 2.45) is 0 Å². The van der Waals surface area contributed by atoms with E-state index in [-0.39, 0.29) is 11.3 Å². The van der Waals surface area contributed by atoms with Gasteiger partial charge in [-0.05, 0) is 38.0 Å². The topological polar surface area (TPSA) is 21.3 Å². The monoisotopic (exact) mass is 229 g/mol. The van der Waals surface area contributed by atoms with Crippen molar-refractivity contribution in [3.8, 4) is 0 Å². The first kappa shape index (κ1) is 14.9. The summed E-state index contributed by atoms with van der Waals surface area (Å²) >= 11 is 0. The van der Waals surface area contributed by atoms with Crippen LogP contribution in [0, 0.1) is 0 Å². The van der Waals surface area contributed by atoms with Gasteiger partial charge in [0, 0.05) is 0 Å². The average Bonchev–Trinajstić information content (AvgIpc) is 2.10. The lowest BCUT2D eigenvalue weighted by Crippen LogP contribution is -2.47. The van der Waals surface area contributed by atoms with Gasteiger partial charge in [0.1, 0.15) is 0 Å². The Labute approximate surface area is 96.2 Å². The van der Waals surface area contributed by atoms with Gasteiger partial charge < -0.3 is 4.43 Å². The maximum absolute atomic E-state index is 6.23. The molecule has 1 N–H and O–H groups in total. The number of rotatable bonds is 6. The molecule has 0 fully saturated rings. The van der Waals surface area contributed by atoms with E-state index < -0.39 is 8.32 Å². The van der Waals surface area contributed by atoms with E-state index in [1.54, 1.807) is 0 Å². The van der Waals surface area contributed by atoms with E-state index in [1.165, 1.54) is 0 Å². The van der Waals surface area contributed by atoms with E-state index in [4.69, 9.17) is 4.43 Å². The Balaban J connectivity index is 4.33. The van der Waals surface area contributed by atoms with Gasteiger partial charge in [0.15, 0.2) is 8.32 Å². The molecule has 0 aliphatic carbocycles. The lowest BCUT2D eigenvalue weighted by Gasteiger charge is -2.39. The van der Waals surface area contributed by atoms with Crippen molar-refractivity contribution < 1.29 is 4.43 Å². The van der Waals surface area contributed by atoms with E-state index in [2.05, 4.69) is 45.8 Å². The minimum atomic E-state index is -1.64. The van der Waals surface area contributed by atoms with Gasteiger partial charge in [-0.15, -0.1) is 6.58 Å². The van der Waals surface area contributed by atoms with E-state index in [9.17, 15) is 0 Å². The van der Waals surface area contributed by atoms with Crippen LogP contribution in [-0.2, 0) is 4.43 Å². The highest BCUT2D eigenvalue weighted by atomic mass is 28.4. The van der Waals surface area contributed by atoms with Crippen LogP contribution in [0.5, 0.6) is 0 Å². The molecule has 3 heteroatoms. The summed E-state index contributed by atoms with van der Waals surface area (Å²) in [4.78, 5) is 0. The predicted octanol–water partition coefficient (Wildman–Crippen LogP) is 3.52. The van der Waals surface area contributed by atoms with Gasteiger partial charge >= 0.3 is 0 Å². The van der Waals surface area contributed by atoms with Crippen molar-refractivity contribution in [1.29, 1.82) is 0 Å². The van der Waals surface area contributed by atoms with Crippen LogP contribution in [0.25, 0.3) is 0 Å². The summed E-state index contributed by atoms with van der Waals surface area (Å²) in [6, 6.07) is 0. The molecule has 0 aliphatic rings.